The molecular formula is C34H33N5O11S. The third-order valence-electron chi connectivity index (χ3n) is 8.14. The van der Waals surface area contributed by atoms with E-state index in [9.17, 15) is 37.5 Å². The molecule has 1 aliphatic heterocycles. The van der Waals surface area contributed by atoms with E-state index < -0.39 is 43.5 Å². The smallest absolute Gasteiger partial charge is 0.414 e. The van der Waals surface area contributed by atoms with Gasteiger partial charge >= 0.3 is 12.1 Å². The van der Waals surface area contributed by atoms with Crippen LogP contribution in [0.1, 0.15) is 52.9 Å². The van der Waals surface area contributed by atoms with Gasteiger partial charge in [0.05, 0.1) is 35.4 Å². The summed E-state index contributed by atoms with van der Waals surface area (Å²) < 4.78 is 51.4. The van der Waals surface area contributed by atoms with Crippen LogP contribution in [-0.4, -0.2) is 71.7 Å². The number of benzene rings is 3. The predicted molar refractivity (Wildman–Crippen MR) is 185 cm³/mol. The first kappa shape index (κ1) is 34.9. The fourth-order valence-electron chi connectivity index (χ4n) is 5.86. The Balaban J connectivity index is 1.23. The van der Waals surface area contributed by atoms with Crippen molar-refractivity contribution in [3.8, 4) is 5.75 Å². The summed E-state index contributed by atoms with van der Waals surface area (Å²) in [6, 6.07) is 13.2. The highest BCUT2D eigenvalue weighted by Crippen LogP contribution is 2.39. The van der Waals surface area contributed by atoms with Crippen molar-refractivity contribution in [2.45, 2.75) is 44.1 Å². The van der Waals surface area contributed by atoms with Gasteiger partial charge in [-0.1, -0.05) is 12.1 Å². The van der Waals surface area contributed by atoms with Crippen molar-refractivity contribution >= 4 is 67.0 Å². The van der Waals surface area contributed by atoms with Crippen molar-refractivity contribution in [1.29, 1.82) is 0 Å². The van der Waals surface area contributed by atoms with Crippen molar-refractivity contribution in [2.75, 3.05) is 30.5 Å². The molecule has 0 atom stereocenters. The number of ether oxygens (including phenoxy) is 3. The summed E-state index contributed by atoms with van der Waals surface area (Å²) >= 11 is 0. The lowest BCUT2D eigenvalue weighted by molar-refractivity contribution is -0.384. The zero-order valence-electron chi connectivity index (χ0n) is 27.9. The van der Waals surface area contributed by atoms with Crippen LogP contribution >= 0.6 is 0 Å². The second kappa shape index (κ2) is 13.1. The number of hydrogen-bond acceptors (Lipinski definition) is 10. The van der Waals surface area contributed by atoms with E-state index in [1.807, 2.05) is 0 Å². The topological polar surface area (TPSA) is 223 Å². The number of amides is 2. The van der Waals surface area contributed by atoms with E-state index in [2.05, 4.69) is 15.3 Å². The fourth-order valence-corrected chi connectivity index (χ4v) is 6.54. The average molecular weight is 720 g/mol. The number of nitro groups is 1. The summed E-state index contributed by atoms with van der Waals surface area (Å²) in [5.41, 5.74) is 1.61. The molecule has 1 aliphatic rings. The SMILES string of the molecule is COc1cc(NC(=O)c2cc3c4c(cc(S(=O)(=O)O)c3[nH]2)N(C(=O)OC(C)(C)C)CC4)cc2cc(C(=O)OCCc3ccc([N+](=O)[O-])cc3)[nH]c12. The molecule has 2 amide bonds. The molecule has 0 unspecified atom stereocenters. The van der Waals surface area contributed by atoms with Crippen LogP contribution in [0.2, 0.25) is 0 Å². The number of methoxy groups -OCH3 is 1. The molecule has 4 N–H and O–H groups in total. The number of aromatic nitrogens is 2. The molecule has 0 aliphatic carbocycles. The maximum Gasteiger partial charge on any atom is 0.414 e. The van der Waals surface area contributed by atoms with Crippen LogP contribution in [0.4, 0.5) is 21.9 Å². The zero-order chi connectivity index (χ0) is 36.8. The summed E-state index contributed by atoms with van der Waals surface area (Å²) in [5, 5.41) is 14.5. The predicted octanol–water partition coefficient (Wildman–Crippen LogP) is 5.76. The lowest BCUT2D eigenvalue weighted by atomic mass is 10.1. The molecule has 51 heavy (non-hydrogen) atoms. The molecule has 2 aromatic heterocycles. The summed E-state index contributed by atoms with van der Waals surface area (Å²) in [6.07, 6.45) is 0.00953. The summed E-state index contributed by atoms with van der Waals surface area (Å²) in [6.45, 7) is 5.34. The average Bonchev–Trinajstić information content (AvgIpc) is 3.79. The molecule has 266 valence electrons. The number of aromatic amines is 2. The normalized spacial score (nSPS) is 12.9. The van der Waals surface area contributed by atoms with Crippen LogP contribution in [0.15, 0.2) is 59.5 Å². The summed E-state index contributed by atoms with van der Waals surface area (Å²) in [4.78, 5) is 56.2. The van der Waals surface area contributed by atoms with Gasteiger partial charge in [0.15, 0.2) is 0 Å². The first-order valence-electron chi connectivity index (χ1n) is 15.6. The number of carbonyl (C=O) groups excluding carboxylic acids is 3. The maximum atomic E-state index is 13.5. The van der Waals surface area contributed by atoms with Gasteiger partial charge in [-0.2, -0.15) is 8.42 Å². The number of hydrogen-bond donors (Lipinski definition) is 4. The zero-order valence-corrected chi connectivity index (χ0v) is 28.7. The first-order chi connectivity index (χ1) is 24.0. The molecule has 0 saturated heterocycles. The van der Waals surface area contributed by atoms with E-state index >= 15 is 0 Å². The molecule has 3 aromatic carbocycles. The van der Waals surface area contributed by atoms with Crippen molar-refractivity contribution in [3.63, 3.8) is 0 Å². The van der Waals surface area contributed by atoms with Crippen molar-refractivity contribution < 1.29 is 46.5 Å². The van der Waals surface area contributed by atoms with Gasteiger partial charge in [-0.25, -0.2) is 9.59 Å². The highest BCUT2D eigenvalue weighted by Gasteiger charge is 2.33. The molecule has 0 radical (unpaired) electrons. The second-order valence-corrected chi connectivity index (χ2v) is 14.2. The Morgan fingerprint density at radius 2 is 1.73 bits per heavy atom. The van der Waals surface area contributed by atoms with Gasteiger partial charge in [-0.3, -0.25) is 24.4 Å². The van der Waals surface area contributed by atoms with E-state index in [-0.39, 0.29) is 47.1 Å². The number of carbonyl (C=O) groups is 3. The molecule has 0 saturated carbocycles. The number of non-ortho nitro benzene ring substituents is 1. The number of nitrogens with one attached hydrogen (secondary N) is 3. The van der Waals surface area contributed by atoms with Gasteiger partial charge in [0.1, 0.15) is 27.6 Å². The van der Waals surface area contributed by atoms with Gasteiger partial charge in [0.25, 0.3) is 21.7 Å². The lowest BCUT2D eigenvalue weighted by Crippen LogP contribution is -2.35. The number of nitro benzene ring substituents is 1. The molecule has 3 heterocycles. The van der Waals surface area contributed by atoms with Crippen molar-refractivity contribution in [3.05, 3.63) is 87.2 Å². The molecule has 6 rings (SSSR count). The Morgan fingerprint density at radius 3 is 2.37 bits per heavy atom. The minimum absolute atomic E-state index is 0.00263. The Hall–Kier alpha value is -5.94. The van der Waals surface area contributed by atoms with Gasteiger partial charge in [-0.15, -0.1) is 0 Å². The molecule has 0 fully saturated rings. The number of anilines is 2. The molecule has 16 nitrogen and oxygen atoms in total. The number of nitrogens with zero attached hydrogens (tertiary/aromatic N) is 2. The Bertz CT molecular complexity index is 2340. The van der Waals surface area contributed by atoms with Crippen LogP contribution in [0, 0.1) is 10.1 Å². The van der Waals surface area contributed by atoms with E-state index in [0.717, 1.165) is 5.56 Å². The number of H-pyrrole nitrogens is 2. The molecule has 0 spiro atoms. The minimum atomic E-state index is -4.79. The summed E-state index contributed by atoms with van der Waals surface area (Å²) in [5.74, 6) is -0.990. The lowest BCUT2D eigenvalue weighted by Gasteiger charge is -2.25. The third-order valence-corrected chi connectivity index (χ3v) is 9.02. The molecule has 0 bridgehead atoms. The summed E-state index contributed by atoms with van der Waals surface area (Å²) in [7, 11) is -3.38. The van der Waals surface area contributed by atoms with E-state index in [4.69, 9.17) is 14.2 Å². The standard InChI is InChI=1S/C34H33N5O11S/c1-34(2,3)50-33(42)38-11-9-22-23-16-24(36-30(23)28(17-26(22)38)51(45,46)47)31(40)35-20-13-19-14-25(37-29(19)27(15-20)48-4)32(41)49-12-10-18-5-7-21(8-6-18)39(43)44/h5-8,13-17,36-37H,9-12H2,1-4H3,(H,35,40)(H,45,46,47). The molecular weight excluding hydrogens is 686 g/mol. The first-order valence-corrected chi connectivity index (χ1v) is 17.1. The second-order valence-electron chi connectivity index (χ2n) is 12.8. The largest absolute Gasteiger partial charge is 0.494 e. The van der Waals surface area contributed by atoms with Crippen LogP contribution in [0.25, 0.3) is 21.8 Å². The van der Waals surface area contributed by atoms with Gasteiger partial charge in [0.2, 0.25) is 0 Å². The number of fused-ring (bicyclic) bond motifs is 4. The highest BCUT2D eigenvalue weighted by molar-refractivity contribution is 7.86. The number of rotatable bonds is 9. The quantitative estimate of drug-likeness (QED) is 0.0620. The van der Waals surface area contributed by atoms with Gasteiger partial charge < -0.3 is 29.5 Å². The minimum Gasteiger partial charge on any atom is -0.494 e. The Morgan fingerprint density at radius 1 is 1.02 bits per heavy atom. The van der Waals surface area contributed by atoms with Crippen LogP contribution in [0.5, 0.6) is 5.75 Å². The van der Waals surface area contributed by atoms with Crippen molar-refractivity contribution in [2.24, 2.45) is 0 Å². The van der Waals surface area contributed by atoms with E-state index in [0.29, 0.717) is 40.4 Å². The van der Waals surface area contributed by atoms with E-state index in [1.165, 1.54) is 48.4 Å². The van der Waals surface area contributed by atoms with Crippen LogP contribution in [0.3, 0.4) is 0 Å². The molecule has 5 aromatic rings. The Kier molecular flexibility index (Phi) is 8.95. The van der Waals surface area contributed by atoms with Crippen LogP contribution < -0.4 is 15.0 Å². The monoisotopic (exact) mass is 719 g/mol. The highest BCUT2D eigenvalue weighted by atomic mass is 32.2. The fraction of sp³-hybridized carbons (Fsp3) is 0.265. The molecule has 17 heteroatoms. The van der Waals surface area contributed by atoms with Gasteiger partial charge in [0, 0.05) is 47.6 Å². The third kappa shape index (κ3) is 7.20. The van der Waals surface area contributed by atoms with E-state index in [1.54, 1.807) is 39.0 Å². The van der Waals surface area contributed by atoms with Gasteiger partial charge in [-0.05, 0) is 62.6 Å². The van der Waals surface area contributed by atoms with Crippen LogP contribution in [-0.2, 0) is 32.4 Å². The number of esters is 1. The van der Waals surface area contributed by atoms with Crippen molar-refractivity contribution in [1.82, 2.24) is 9.97 Å². The maximum absolute atomic E-state index is 13.5. The Labute approximate surface area is 290 Å².